The number of ether oxygens (including phenoxy) is 2. The first kappa shape index (κ1) is 13.6. The molecule has 3 rings (SSSR count). The van der Waals surface area contributed by atoms with Gasteiger partial charge in [0.15, 0.2) is 22.2 Å². The van der Waals surface area contributed by atoms with Gasteiger partial charge < -0.3 is 9.47 Å². The zero-order valence-electron chi connectivity index (χ0n) is 11.7. The second-order valence-electron chi connectivity index (χ2n) is 4.47. The molecule has 0 saturated carbocycles. The zero-order valence-corrected chi connectivity index (χ0v) is 12.5. The number of ketones is 1. The third-order valence-corrected chi connectivity index (χ3v) is 3.96. The van der Waals surface area contributed by atoms with Crippen molar-refractivity contribution in [1.29, 1.82) is 0 Å². The molecule has 0 unspecified atom stereocenters. The average molecular weight is 302 g/mol. The van der Waals surface area contributed by atoms with Crippen LogP contribution in [0.3, 0.4) is 0 Å². The molecular formula is C15H14N2O3S. The number of aromatic nitrogens is 2. The summed E-state index contributed by atoms with van der Waals surface area (Å²) < 4.78 is 12.4. The highest BCUT2D eigenvalue weighted by atomic mass is 32.1. The van der Waals surface area contributed by atoms with E-state index < -0.39 is 0 Å². The van der Waals surface area contributed by atoms with Crippen molar-refractivity contribution in [2.75, 3.05) is 14.2 Å². The molecule has 108 valence electrons. The zero-order chi connectivity index (χ0) is 14.8. The van der Waals surface area contributed by atoms with Crippen molar-refractivity contribution in [3.8, 4) is 11.5 Å². The monoisotopic (exact) mass is 302 g/mol. The highest BCUT2D eigenvalue weighted by Gasteiger charge is 2.17. The normalized spacial score (nSPS) is 10.8. The van der Waals surface area contributed by atoms with Crippen molar-refractivity contribution in [2.24, 2.45) is 0 Å². The molecular weight excluding hydrogens is 288 g/mol. The number of hydrogen-bond donors (Lipinski definition) is 0. The van der Waals surface area contributed by atoms with E-state index in [0.717, 1.165) is 10.7 Å². The summed E-state index contributed by atoms with van der Waals surface area (Å²) in [5.41, 5.74) is 1.25. The molecule has 3 aromatic rings. The van der Waals surface area contributed by atoms with E-state index in [0.29, 0.717) is 17.1 Å². The van der Waals surface area contributed by atoms with Crippen molar-refractivity contribution in [3.63, 3.8) is 0 Å². The molecule has 0 aliphatic rings. The second-order valence-corrected chi connectivity index (χ2v) is 5.34. The Bertz CT molecular complexity index is 763. The number of carbonyl (C=O) groups excluding carboxylic acids is 1. The fraction of sp³-hybridized carbons (Fsp3) is 0.200. The Morgan fingerprint density at radius 1 is 1.33 bits per heavy atom. The lowest BCUT2D eigenvalue weighted by Crippen LogP contribution is -2.07. The van der Waals surface area contributed by atoms with Gasteiger partial charge in [-0.25, -0.2) is 4.98 Å². The molecule has 0 radical (unpaired) electrons. The Morgan fingerprint density at radius 2 is 2.19 bits per heavy atom. The second kappa shape index (κ2) is 5.57. The molecule has 6 heteroatoms. The summed E-state index contributed by atoms with van der Waals surface area (Å²) >= 11 is 1.54. The number of imidazole rings is 1. The van der Waals surface area contributed by atoms with Crippen molar-refractivity contribution in [1.82, 2.24) is 9.38 Å². The fourth-order valence-electron chi connectivity index (χ4n) is 2.23. The number of fused-ring (bicyclic) bond motifs is 1. The summed E-state index contributed by atoms with van der Waals surface area (Å²) in [4.78, 5) is 17.8. The van der Waals surface area contributed by atoms with Crippen LogP contribution >= 0.6 is 11.3 Å². The Morgan fingerprint density at radius 3 is 2.90 bits per heavy atom. The Kier molecular flexibility index (Phi) is 3.62. The summed E-state index contributed by atoms with van der Waals surface area (Å²) in [6, 6.07) is 5.28. The van der Waals surface area contributed by atoms with Gasteiger partial charge >= 0.3 is 0 Å². The smallest absolute Gasteiger partial charge is 0.193 e. The van der Waals surface area contributed by atoms with E-state index in [1.165, 1.54) is 7.11 Å². The summed E-state index contributed by atoms with van der Waals surface area (Å²) in [7, 11) is 3.08. The minimum absolute atomic E-state index is 0.0449. The molecule has 0 N–H and O–H groups in total. The Hall–Kier alpha value is -2.34. The average Bonchev–Trinajstić information content (AvgIpc) is 3.07. The van der Waals surface area contributed by atoms with E-state index in [2.05, 4.69) is 4.98 Å². The molecule has 0 aliphatic carbocycles. The van der Waals surface area contributed by atoms with Crippen LogP contribution in [0.25, 0.3) is 4.96 Å². The molecule has 2 aromatic heterocycles. The summed E-state index contributed by atoms with van der Waals surface area (Å²) in [6.07, 6.45) is 4.03. The standard InChI is InChI=1S/C15H14N2O3S/c1-19-13-5-3-4-11(14(13)20-2)12(18)8-10-9-17-6-7-21-15(17)16-10/h3-7,9H,8H2,1-2H3. The van der Waals surface area contributed by atoms with Crippen molar-refractivity contribution >= 4 is 22.1 Å². The number of rotatable bonds is 5. The Balaban J connectivity index is 1.90. The van der Waals surface area contributed by atoms with Crippen LogP contribution in [0.2, 0.25) is 0 Å². The lowest BCUT2D eigenvalue weighted by atomic mass is 10.1. The van der Waals surface area contributed by atoms with Crippen LogP contribution in [0.1, 0.15) is 16.1 Å². The first-order chi connectivity index (χ1) is 10.2. The van der Waals surface area contributed by atoms with Gasteiger partial charge in [0.05, 0.1) is 31.9 Å². The number of carbonyl (C=O) groups is 1. The number of Topliss-reactive ketones (excluding diaryl/α,β-unsaturated/α-hetero) is 1. The van der Waals surface area contributed by atoms with Gasteiger partial charge in [0.2, 0.25) is 0 Å². The number of hydrogen-bond acceptors (Lipinski definition) is 5. The van der Waals surface area contributed by atoms with Crippen LogP contribution < -0.4 is 9.47 Å². The third kappa shape index (κ3) is 2.50. The van der Waals surface area contributed by atoms with Crippen LogP contribution in [-0.4, -0.2) is 29.4 Å². The van der Waals surface area contributed by atoms with Gasteiger partial charge in [-0.2, -0.15) is 0 Å². The molecule has 0 saturated heterocycles. The van der Waals surface area contributed by atoms with Crippen LogP contribution in [0, 0.1) is 0 Å². The third-order valence-electron chi connectivity index (χ3n) is 3.19. The van der Waals surface area contributed by atoms with Gasteiger partial charge in [0, 0.05) is 17.8 Å². The summed E-state index contributed by atoms with van der Waals surface area (Å²) in [5.74, 6) is 0.969. The van der Waals surface area contributed by atoms with Crippen molar-refractivity contribution in [2.45, 2.75) is 6.42 Å². The number of nitrogens with zero attached hydrogens (tertiary/aromatic N) is 2. The van der Waals surface area contributed by atoms with E-state index in [9.17, 15) is 4.79 Å². The molecule has 5 nitrogen and oxygen atoms in total. The van der Waals surface area contributed by atoms with E-state index >= 15 is 0 Å². The first-order valence-corrected chi connectivity index (χ1v) is 7.26. The van der Waals surface area contributed by atoms with E-state index in [4.69, 9.17) is 9.47 Å². The molecule has 21 heavy (non-hydrogen) atoms. The van der Waals surface area contributed by atoms with Crippen LogP contribution in [0.4, 0.5) is 0 Å². The van der Waals surface area contributed by atoms with Gasteiger partial charge in [0.1, 0.15) is 0 Å². The van der Waals surface area contributed by atoms with Crippen LogP contribution in [0.15, 0.2) is 36.0 Å². The molecule has 2 heterocycles. The van der Waals surface area contributed by atoms with E-state index in [1.807, 2.05) is 22.2 Å². The maximum Gasteiger partial charge on any atom is 0.193 e. The highest BCUT2D eigenvalue weighted by molar-refractivity contribution is 7.15. The van der Waals surface area contributed by atoms with Crippen molar-refractivity contribution < 1.29 is 14.3 Å². The molecule has 0 atom stereocenters. The lowest BCUT2D eigenvalue weighted by molar-refractivity contribution is 0.0988. The molecule has 0 spiro atoms. The largest absolute Gasteiger partial charge is 0.493 e. The minimum Gasteiger partial charge on any atom is -0.493 e. The fourth-order valence-corrected chi connectivity index (χ4v) is 2.95. The predicted octanol–water partition coefficient (Wildman–Crippen LogP) is 2.84. The van der Waals surface area contributed by atoms with Crippen molar-refractivity contribution in [3.05, 3.63) is 47.2 Å². The quantitative estimate of drug-likeness (QED) is 0.680. The number of para-hydroxylation sites is 1. The predicted molar refractivity (Wildman–Crippen MR) is 80.6 cm³/mol. The van der Waals surface area contributed by atoms with Gasteiger partial charge in [-0.1, -0.05) is 6.07 Å². The first-order valence-electron chi connectivity index (χ1n) is 6.38. The number of methoxy groups -OCH3 is 2. The summed E-state index contributed by atoms with van der Waals surface area (Å²) in [6.45, 7) is 0. The summed E-state index contributed by atoms with van der Waals surface area (Å²) in [5, 5.41) is 1.96. The van der Waals surface area contributed by atoms with Gasteiger partial charge in [0.25, 0.3) is 0 Å². The minimum atomic E-state index is -0.0449. The van der Waals surface area contributed by atoms with Crippen LogP contribution in [0.5, 0.6) is 11.5 Å². The topological polar surface area (TPSA) is 52.8 Å². The maximum absolute atomic E-state index is 12.5. The number of thiazole rings is 1. The molecule has 0 fully saturated rings. The lowest BCUT2D eigenvalue weighted by Gasteiger charge is -2.11. The van der Waals surface area contributed by atoms with E-state index in [1.54, 1.807) is 36.6 Å². The van der Waals surface area contributed by atoms with Gasteiger partial charge in [-0.15, -0.1) is 11.3 Å². The molecule has 0 bridgehead atoms. The van der Waals surface area contributed by atoms with Gasteiger partial charge in [-0.3, -0.25) is 9.20 Å². The molecule has 1 aromatic carbocycles. The SMILES string of the molecule is COc1cccc(C(=O)Cc2cn3ccsc3n2)c1OC. The van der Waals surface area contributed by atoms with Crippen LogP contribution in [-0.2, 0) is 6.42 Å². The maximum atomic E-state index is 12.5. The Labute approximate surface area is 125 Å². The highest BCUT2D eigenvalue weighted by Crippen LogP contribution is 2.31. The van der Waals surface area contributed by atoms with Gasteiger partial charge in [-0.05, 0) is 12.1 Å². The molecule has 0 aliphatic heterocycles. The molecule has 0 amide bonds. The van der Waals surface area contributed by atoms with E-state index in [-0.39, 0.29) is 12.2 Å². The number of benzene rings is 1.